The molecule has 0 saturated heterocycles. The fourth-order valence-corrected chi connectivity index (χ4v) is 20.9. The number of aryl methyl sites for hydroxylation is 2. The molecule has 0 saturated carbocycles. The molecule has 26 rings (SSSR count). The fourth-order valence-electron chi connectivity index (χ4n) is 20.9. The van der Waals surface area contributed by atoms with Gasteiger partial charge in [-0.05, 0) is 301 Å². The van der Waals surface area contributed by atoms with Crippen LogP contribution in [0.25, 0.3) is 126 Å². The largest absolute Gasteiger partial charge is 0.310 e. The molecule has 0 radical (unpaired) electrons. The van der Waals surface area contributed by atoms with E-state index in [0.717, 1.165) is 102 Å². The molecule has 692 valence electrons. The molecule has 0 bridgehead atoms. The number of anilines is 15. The van der Waals surface area contributed by atoms with E-state index in [1.54, 1.807) is 0 Å². The van der Waals surface area contributed by atoms with Gasteiger partial charge < -0.3 is 38.2 Å². The number of rotatable bonds is 20. The van der Waals surface area contributed by atoms with Crippen molar-refractivity contribution in [3.63, 3.8) is 0 Å². The monoisotopic (exact) mass is 1880 g/mol. The first kappa shape index (κ1) is 87.9. The molecule has 3 aromatic heterocycles. The van der Waals surface area contributed by atoms with E-state index in [9.17, 15) is 0 Å². The van der Waals surface area contributed by atoms with Crippen molar-refractivity contribution in [1.29, 1.82) is 2.56 Å². The van der Waals surface area contributed by atoms with E-state index in [0.29, 0.717) is 0 Å². The van der Waals surface area contributed by atoms with Gasteiger partial charge >= 0.3 is 0 Å². The summed E-state index contributed by atoms with van der Waals surface area (Å²) in [7, 11) is -0.417. The van der Waals surface area contributed by atoms with E-state index in [4.69, 9.17) is 2.56 Å². The minimum Gasteiger partial charge on any atom is -0.310 e. The summed E-state index contributed by atoms with van der Waals surface area (Å²) in [4.78, 5) is 11.7. The van der Waals surface area contributed by atoms with E-state index >= 15 is 0 Å². The van der Waals surface area contributed by atoms with Gasteiger partial charge in [-0.3, -0.25) is 0 Å². The summed E-state index contributed by atoms with van der Waals surface area (Å²) in [5, 5.41) is 12.5. The van der Waals surface area contributed by atoms with Gasteiger partial charge in [-0.1, -0.05) is 328 Å². The summed E-state index contributed by atoms with van der Waals surface area (Å²) in [6, 6.07) is 204. The lowest BCUT2D eigenvalue weighted by atomic mass is 10.0. The molecule has 26 aromatic rings. The van der Waals surface area contributed by atoms with Gasteiger partial charge in [0.2, 0.25) is 0 Å². The van der Waals surface area contributed by atoms with Crippen LogP contribution < -0.4 is 24.5 Å². The Bertz CT molecular complexity index is 8260. The van der Waals surface area contributed by atoms with Crippen molar-refractivity contribution in [2.24, 2.45) is 0 Å². The first-order chi connectivity index (χ1) is 72.7. The number of para-hydroxylation sites is 10. The first-order valence-electron chi connectivity index (χ1n) is 50.3. The maximum absolute atomic E-state index is 5.90. The number of hydrogen-bond donors (Lipinski definition) is 0. The van der Waals surface area contributed by atoms with Crippen LogP contribution in [0.5, 0.6) is 0 Å². The summed E-state index contributed by atoms with van der Waals surface area (Å²) in [6.07, 6.45) is 0. The van der Waals surface area contributed by atoms with E-state index in [-0.39, 0.29) is 0 Å². The Labute approximate surface area is 851 Å². The minimum absolute atomic E-state index is 0.417. The van der Waals surface area contributed by atoms with Gasteiger partial charge in [0.15, 0.2) is 0 Å². The topological polar surface area (TPSA) is 31.0 Å². The molecule has 1 atom stereocenters. The van der Waals surface area contributed by atoms with E-state index in [1.165, 1.54) is 120 Å². The SMILES string of the molecule is Cc1cccc(N(c2ccccc2)c2ccc(-c3ccc(N(c4ccccc4)c4cccc(C)c4)cc3)cc2)c1.[2H]P[3H].c1ccc(N(c2ccc(-c3ccc(N(c4ccccc4)c4cccc5ccccc45)cc3)cc2)c2cccc3ccccc23)cc1.c1ccc2c(c1)c1ccccc1n2-c1ccc(N(c2ccc(-n3c4ccccc4c4ccccc43)cc2)c2ccc(-n3c4ccccc4c4ccccc43)cc2)cc1. The molecule has 0 aliphatic rings. The molecule has 1 unspecified atom stereocenters. The van der Waals surface area contributed by atoms with E-state index < -0.39 is 9.79 Å². The third kappa shape index (κ3) is 17.8. The summed E-state index contributed by atoms with van der Waals surface area (Å²) in [5.74, 6) is 0. The van der Waals surface area contributed by atoms with Gasteiger partial charge in [-0.15, -0.1) is 0 Å². The van der Waals surface area contributed by atoms with Crippen LogP contribution in [0.1, 0.15) is 11.1 Å². The van der Waals surface area contributed by atoms with Crippen molar-refractivity contribution in [1.82, 2.24) is 13.7 Å². The zero-order valence-electron chi connectivity index (χ0n) is 82.3. The summed E-state index contributed by atoms with van der Waals surface area (Å²) in [6.45, 7) is 4.27. The number of nitrogens with zero attached hydrogens (tertiary/aromatic N) is 8. The molecule has 0 fully saturated rings. The van der Waals surface area contributed by atoms with Gasteiger partial charge in [-0.25, -0.2) is 0 Å². The van der Waals surface area contributed by atoms with Gasteiger partial charge in [0.25, 0.3) is 0 Å². The molecule has 3 heterocycles. The predicted molar refractivity (Wildman–Crippen MR) is 622 cm³/mol. The number of fused-ring (bicyclic) bond motifs is 11. The van der Waals surface area contributed by atoms with Crippen molar-refractivity contribution in [2.45, 2.75) is 13.8 Å². The normalized spacial score (nSPS) is 11.4. The van der Waals surface area contributed by atoms with Crippen LogP contribution in [-0.4, -0.2) is 16.3 Å². The van der Waals surface area contributed by atoms with Crippen LogP contribution in [0.3, 0.4) is 0 Å². The second-order valence-corrected chi connectivity index (χ2v) is 36.5. The standard InChI is InChI=1S/C54H36N4.C44H32N2.C38H32N2.H3P/c1-7-19-49-43(13-1)44-14-2-8-20-50(44)56(49)40-31-25-37(26-32-40)55(38-27-33-41(34-28-38)57-51-21-9-3-15-45(51)46-16-4-10-22-52(46)57)39-29-35-42(36-30-39)58-53-23-11-5-17-47(53)48-18-6-12-24-54(48)58;1-3-17-37(18-4-1)45(43-23-11-15-35-13-7-9-21-41(35)43)39-29-25-33(26-30-39)34-27-31-40(32-28-34)46(38-19-5-2-6-20-38)44-24-12-16-36-14-8-10-22-42(36)44;1-29-11-9-17-37(27-29)39(33-13-5-3-6-14-33)35-23-19-31(20-24-35)32-21-25-36(26-22-32)40(34-15-7-4-8-16-34)38-18-10-12-30(2)28-38;/h1-36H;1-32H;3-28H,1-2H3;1H3/i;;;1TD. The molecule has 145 heavy (non-hydrogen) atoms. The molecule has 23 aromatic carbocycles. The van der Waals surface area contributed by atoms with Crippen LogP contribution in [0.15, 0.2) is 570 Å². The fraction of sp³-hybridized carbons (Fsp3) is 0.0147. The van der Waals surface area contributed by atoms with Crippen molar-refractivity contribution in [3.05, 3.63) is 581 Å². The maximum Gasteiger partial charge on any atom is 0.0541 e. The molecule has 8 nitrogen and oxygen atoms in total. The molecule has 0 spiro atoms. The van der Waals surface area contributed by atoms with Crippen LogP contribution in [-0.2, 0) is 0 Å². The lowest BCUT2D eigenvalue weighted by Gasteiger charge is -2.27. The van der Waals surface area contributed by atoms with Crippen LogP contribution >= 0.6 is 9.79 Å². The Hall–Kier alpha value is -18.6. The highest BCUT2D eigenvalue weighted by Gasteiger charge is 2.24. The number of aromatic nitrogens is 3. The molecular formula is C136H103N8P. The van der Waals surface area contributed by atoms with Crippen molar-refractivity contribution < 1.29 is 0 Å². The molecule has 0 amide bonds. The molecule has 0 aliphatic heterocycles. The number of benzene rings is 23. The summed E-state index contributed by atoms with van der Waals surface area (Å²) >= 11 is 0. The van der Waals surface area contributed by atoms with Gasteiger partial charge in [0, 0.05) is 134 Å². The van der Waals surface area contributed by atoms with Gasteiger partial charge in [0.05, 0.1) is 47.0 Å². The average molecular weight is 1880 g/mol. The average Bonchev–Trinajstić information content (AvgIpc) is 1.65. The highest BCUT2D eigenvalue weighted by molar-refractivity contribution is 6.92. The lowest BCUT2D eigenvalue weighted by molar-refractivity contribution is 1.16. The Morgan fingerprint density at radius 1 is 0.172 bits per heavy atom. The second-order valence-electron chi connectivity index (χ2n) is 36.5. The Balaban J connectivity index is 0.000000122. The quantitative estimate of drug-likeness (QED) is 0.0710. The Morgan fingerprint density at radius 2 is 0.352 bits per heavy atom. The van der Waals surface area contributed by atoms with Crippen molar-refractivity contribution in [3.8, 4) is 39.3 Å². The summed E-state index contributed by atoms with van der Waals surface area (Å²) < 4.78 is 18.9. The number of hydrogen-bond acceptors (Lipinski definition) is 5. The Morgan fingerprint density at radius 3 is 0.607 bits per heavy atom. The van der Waals surface area contributed by atoms with E-state index in [1.807, 2.05) is 0 Å². The Kier molecular flexibility index (Phi) is 24.4. The van der Waals surface area contributed by atoms with Crippen LogP contribution in [0.2, 0.25) is 0 Å². The predicted octanol–water partition coefficient (Wildman–Crippen LogP) is 38.0. The minimum atomic E-state index is -0.417. The van der Waals surface area contributed by atoms with Gasteiger partial charge in [-0.2, -0.15) is 9.79 Å². The maximum atomic E-state index is 5.90. The highest BCUT2D eigenvalue weighted by Crippen LogP contribution is 2.47. The molecule has 9 heteroatoms. The third-order valence-electron chi connectivity index (χ3n) is 27.6. The first-order valence-corrected chi connectivity index (χ1v) is 49.3. The van der Waals surface area contributed by atoms with Gasteiger partial charge in [0.1, 0.15) is 0 Å². The molecular weight excluding hydrogens is 1780 g/mol. The molecule has 0 aliphatic carbocycles. The van der Waals surface area contributed by atoms with Crippen LogP contribution in [0, 0.1) is 13.8 Å². The zero-order chi connectivity index (χ0) is 98.9. The van der Waals surface area contributed by atoms with E-state index in [2.05, 4.69) is 622 Å². The second kappa shape index (κ2) is 40.3. The highest BCUT2D eigenvalue weighted by atomic mass is 31.0. The lowest BCUT2D eigenvalue weighted by Crippen LogP contribution is -2.10. The third-order valence-corrected chi connectivity index (χ3v) is 27.6. The van der Waals surface area contributed by atoms with Crippen molar-refractivity contribution in [2.75, 3.05) is 24.5 Å². The smallest absolute Gasteiger partial charge is 0.0541 e. The zero-order valence-corrected chi connectivity index (χ0v) is 81.3. The molecule has 0 N–H and O–H groups in total. The summed E-state index contributed by atoms with van der Waals surface area (Å²) in [5.41, 5.74) is 34.7. The van der Waals surface area contributed by atoms with Crippen molar-refractivity contribution >= 4 is 182 Å². The van der Waals surface area contributed by atoms with Crippen LogP contribution in [0.4, 0.5) is 85.3 Å².